The summed E-state index contributed by atoms with van der Waals surface area (Å²) in [5.74, 6) is -1.21. The number of esters is 2. The number of fused-ring (bicyclic) bond motifs is 1. The fourth-order valence-corrected chi connectivity index (χ4v) is 4.24. The van der Waals surface area contributed by atoms with Crippen LogP contribution in [0.1, 0.15) is 40.5 Å². The number of nitrogens with one attached hydrogen (secondary N) is 1. The molecular formula is C18H28N2O6S. The third kappa shape index (κ3) is 5.44. The van der Waals surface area contributed by atoms with Crippen molar-refractivity contribution in [3.8, 4) is 0 Å². The van der Waals surface area contributed by atoms with Crippen LogP contribution in [0.25, 0.3) is 0 Å². The van der Waals surface area contributed by atoms with E-state index in [9.17, 15) is 19.2 Å². The van der Waals surface area contributed by atoms with Crippen LogP contribution in [0, 0.1) is 5.92 Å². The van der Waals surface area contributed by atoms with Gasteiger partial charge in [-0.3, -0.25) is 14.4 Å². The normalized spacial score (nSPS) is 27.9. The number of rotatable bonds is 5. The molecule has 4 atom stereocenters. The van der Waals surface area contributed by atoms with Crippen LogP contribution in [0.5, 0.6) is 0 Å². The molecule has 0 aromatic heterocycles. The molecule has 2 fully saturated rings. The quantitative estimate of drug-likeness (QED) is 0.674. The number of hydrogen-bond donors (Lipinski definition) is 1. The van der Waals surface area contributed by atoms with Gasteiger partial charge in [0.1, 0.15) is 11.6 Å². The van der Waals surface area contributed by atoms with Gasteiger partial charge in [-0.25, -0.2) is 4.79 Å². The lowest BCUT2D eigenvalue weighted by atomic mass is 9.95. The van der Waals surface area contributed by atoms with Crippen molar-refractivity contribution in [1.29, 1.82) is 0 Å². The Morgan fingerprint density at radius 1 is 1.30 bits per heavy atom. The molecule has 0 saturated carbocycles. The first kappa shape index (κ1) is 21.7. The molecule has 0 aliphatic carbocycles. The summed E-state index contributed by atoms with van der Waals surface area (Å²) < 4.78 is 10.3. The molecule has 152 valence electrons. The van der Waals surface area contributed by atoms with Gasteiger partial charge < -0.3 is 19.7 Å². The average Bonchev–Trinajstić information content (AvgIpc) is 2.91. The Hall–Kier alpha value is -1.61. The van der Waals surface area contributed by atoms with E-state index in [0.29, 0.717) is 18.7 Å². The van der Waals surface area contributed by atoms with Crippen LogP contribution in [-0.4, -0.2) is 71.0 Å². The molecule has 2 saturated heterocycles. The fourth-order valence-electron chi connectivity index (χ4n) is 3.58. The molecule has 2 aliphatic rings. The fraction of sp³-hybridized carbons (Fsp3) is 0.778. The monoisotopic (exact) mass is 400 g/mol. The Morgan fingerprint density at radius 2 is 1.96 bits per heavy atom. The summed E-state index contributed by atoms with van der Waals surface area (Å²) in [6, 6.07) is -1.56. The highest BCUT2D eigenvalue weighted by atomic mass is 32.2. The Bertz CT molecular complexity index is 617. The number of nitrogens with zero attached hydrogens (tertiary/aromatic N) is 1. The minimum absolute atomic E-state index is 0.0492. The van der Waals surface area contributed by atoms with Gasteiger partial charge in [0.2, 0.25) is 5.91 Å². The minimum atomic E-state index is -0.826. The highest BCUT2D eigenvalue weighted by molar-refractivity contribution is 8.13. The van der Waals surface area contributed by atoms with Crippen molar-refractivity contribution in [1.82, 2.24) is 10.2 Å². The summed E-state index contributed by atoms with van der Waals surface area (Å²) in [6.07, 6.45) is 0.567. The van der Waals surface area contributed by atoms with E-state index >= 15 is 0 Å². The zero-order chi connectivity index (χ0) is 20.4. The lowest BCUT2D eigenvalue weighted by Gasteiger charge is -2.38. The van der Waals surface area contributed by atoms with Gasteiger partial charge in [-0.1, -0.05) is 11.8 Å². The average molecular weight is 400 g/mol. The van der Waals surface area contributed by atoms with Gasteiger partial charge >= 0.3 is 11.9 Å². The summed E-state index contributed by atoms with van der Waals surface area (Å²) in [5.41, 5.74) is -0.702. The summed E-state index contributed by atoms with van der Waals surface area (Å²) in [6.45, 7) is 7.24. The van der Waals surface area contributed by atoms with Gasteiger partial charge in [-0.15, -0.1) is 0 Å². The standard InChI is InChI=1S/C18H28N2O6S/c1-10(21)27-9-13-16(23)20-12(8-19-13)6-11(7-14(22)25-5)15(20)17(24)26-18(2,3)4/h11-13,15,19H,6-9H2,1-5H3/t11-,12+,13+,15+/m1/s1. The molecule has 0 aromatic rings. The van der Waals surface area contributed by atoms with E-state index < -0.39 is 29.6 Å². The van der Waals surface area contributed by atoms with E-state index in [0.717, 1.165) is 11.8 Å². The zero-order valence-corrected chi connectivity index (χ0v) is 17.3. The van der Waals surface area contributed by atoms with E-state index in [1.54, 1.807) is 25.7 Å². The first-order valence-electron chi connectivity index (χ1n) is 9.02. The molecule has 9 heteroatoms. The highest BCUT2D eigenvalue weighted by Gasteiger charge is 2.52. The number of carbonyl (C=O) groups excluding carboxylic acids is 4. The van der Waals surface area contributed by atoms with Crippen molar-refractivity contribution in [2.75, 3.05) is 19.4 Å². The van der Waals surface area contributed by atoms with Gasteiger partial charge in [0, 0.05) is 31.2 Å². The molecule has 8 nitrogen and oxygen atoms in total. The molecule has 1 amide bonds. The molecule has 2 heterocycles. The highest BCUT2D eigenvalue weighted by Crippen LogP contribution is 2.36. The Kier molecular flexibility index (Phi) is 6.91. The second-order valence-electron chi connectivity index (χ2n) is 7.92. The van der Waals surface area contributed by atoms with Crippen molar-refractivity contribution in [3.63, 3.8) is 0 Å². The predicted octanol–water partition coefficient (Wildman–Crippen LogP) is 0.728. The van der Waals surface area contributed by atoms with E-state index in [4.69, 9.17) is 9.47 Å². The van der Waals surface area contributed by atoms with Gasteiger partial charge in [-0.2, -0.15) is 0 Å². The number of thioether (sulfide) groups is 1. The molecule has 2 rings (SSSR count). The molecule has 1 N–H and O–H groups in total. The summed E-state index contributed by atoms with van der Waals surface area (Å²) in [4.78, 5) is 50.5. The van der Waals surface area contributed by atoms with Crippen molar-refractivity contribution in [2.45, 2.75) is 64.3 Å². The second-order valence-corrected chi connectivity index (χ2v) is 9.11. The maximum absolute atomic E-state index is 13.0. The molecular weight excluding hydrogens is 372 g/mol. The number of carbonyl (C=O) groups is 4. The van der Waals surface area contributed by atoms with Crippen LogP contribution in [0.2, 0.25) is 0 Å². The van der Waals surface area contributed by atoms with Crippen molar-refractivity contribution < 1.29 is 28.7 Å². The molecule has 0 unspecified atom stereocenters. The lowest BCUT2D eigenvalue weighted by molar-refractivity contribution is -0.167. The first-order valence-corrected chi connectivity index (χ1v) is 10.0. The smallest absolute Gasteiger partial charge is 0.329 e. The number of piperazine rings is 1. The lowest BCUT2D eigenvalue weighted by Crippen LogP contribution is -2.62. The Labute approximate surface area is 163 Å². The first-order chi connectivity index (χ1) is 12.5. The Morgan fingerprint density at radius 3 is 2.52 bits per heavy atom. The maximum Gasteiger partial charge on any atom is 0.329 e. The number of methoxy groups -OCH3 is 1. The molecule has 0 radical (unpaired) electrons. The van der Waals surface area contributed by atoms with Crippen LogP contribution in [0.15, 0.2) is 0 Å². The Balaban J connectivity index is 2.24. The topological polar surface area (TPSA) is 102 Å². The van der Waals surface area contributed by atoms with Crippen molar-refractivity contribution in [3.05, 3.63) is 0 Å². The number of amides is 1. The van der Waals surface area contributed by atoms with Gasteiger partial charge in [0.05, 0.1) is 19.6 Å². The third-order valence-electron chi connectivity index (χ3n) is 4.62. The molecule has 2 aliphatic heterocycles. The van der Waals surface area contributed by atoms with Crippen molar-refractivity contribution >= 4 is 34.7 Å². The molecule has 0 spiro atoms. The van der Waals surface area contributed by atoms with E-state index in [1.807, 2.05) is 0 Å². The van der Waals surface area contributed by atoms with Crippen LogP contribution in [0.4, 0.5) is 0 Å². The largest absolute Gasteiger partial charge is 0.469 e. The van der Waals surface area contributed by atoms with Crippen LogP contribution < -0.4 is 5.32 Å². The van der Waals surface area contributed by atoms with E-state index in [-0.39, 0.29) is 29.4 Å². The van der Waals surface area contributed by atoms with Gasteiger partial charge in [-0.05, 0) is 27.2 Å². The summed E-state index contributed by atoms with van der Waals surface area (Å²) in [5, 5.41) is 3.09. The van der Waals surface area contributed by atoms with Gasteiger partial charge in [0.15, 0.2) is 5.12 Å². The minimum Gasteiger partial charge on any atom is -0.469 e. The van der Waals surface area contributed by atoms with Crippen LogP contribution in [-0.2, 0) is 28.7 Å². The molecule has 27 heavy (non-hydrogen) atoms. The molecule has 0 bridgehead atoms. The maximum atomic E-state index is 13.0. The van der Waals surface area contributed by atoms with Crippen LogP contribution in [0.3, 0.4) is 0 Å². The zero-order valence-electron chi connectivity index (χ0n) is 16.4. The van der Waals surface area contributed by atoms with E-state index in [1.165, 1.54) is 14.0 Å². The predicted molar refractivity (Wildman–Crippen MR) is 99.9 cm³/mol. The number of hydrogen-bond acceptors (Lipinski definition) is 8. The summed E-state index contributed by atoms with van der Waals surface area (Å²) >= 11 is 1.07. The summed E-state index contributed by atoms with van der Waals surface area (Å²) in [7, 11) is 1.30. The van der Waals surface area contributed by atoms with Crippen LogP contribution >= 0.6 is 11.8 Å². The van der Waals surface area contributed by atoms with Crippen molar-refractivity contribution in [2.24, 2.45) is 5.92 Å². The number of ether oxygens (including phenoxy) is 2. The SMILES string of the molecule is COC(=O)C[C@H]1C[C@H]2CN[C@@H](CSC(C)=O)C(=O)N2[C@@H]1C(=O)OC(C)(C)C. The van der Waals surface area contributed by atoms with Gasteiger partial charge in [0.25, 0.3) is 0 Å². The molecule has 0 aromatic carbocycles. The second kappa shape index (κ2) is 8.60. The van der Waals surface area contributed by atoms with E-state index in [2.05, 4.69) is 5.32 Å². The third-order valence-corrected chi connectivity index (χ3v) is 5.53.